The zero-order valence-electron chi connectivity index (χ0n) is 13.4. The van der Waals surface area contributed by atoms with Crippen LogP contribution in [0, 0.1) is 0 Å². The molecule has 0 saturated heterocycles. The van der Waals surface area contributed by atoms with Crippen LogP contribution in [0.5, 0.6) is 5.75 Å². The Morgan fingerprint density at radius 2 is 2.08 bits per heavy atom. The summed E-state index contributed by atoms with van der Waals surface area (Å²) >= 11 is 0. The minimum atomic E-state index is -0.265. The Hall–Kier alpha value is -3.15. The molecule has 0 unspecified atom stereocenters. The van der Waals surface area contributed by atoms with Crippen molar-refractivity contribution in [3.63, 3.8) is 0 Å². The van der Waals surface area contributed by atoms with Gasteiger partial charge in [-0.25, -0.2) is 0 Å². The summed E-state index contributed by atoms with van der Waals surface area (Å²) in [5.74, 6) is 0.204. The summed E-state index contributed by atoms with van der Waals surface area (Å²) in [5.41, 5.74) is 1.86. The Morgan fingerprint density at radius 3 is 2.75 bits per heavy atom. The number of rotatable bonds is 4. The lowest BCUT2D eigenvalue weighted by Crippen LogP contribution is -2.23. The van der Waals surface area contributed by atoms with Crippen LogP contribution in [0.1, 0.15) is 27.8 Å². The van der Waals surface area contributed by atoms with Crippen molar-refractivity contribution in [3.05, 3.63) is 60.0 Å². The first-order valence-electron chi connectivity index (χ1n) is 7.48. The number of hydrogen-bond donors (Lipinski definition) is 1. The normalized spacial score (nSPS) is 10.6. The molecule has 0 spiro atoms. The molecule has 3 aromatic rings. The predicted octanol–water partition coefficient (Wildman–Crippen LogP) is 2.64. The zero-order valence-corrected chi connectivity index (χ0v) is 13.4. The number of aromatic nitrogens is 2. The highest BCUT2D eigenvalue weighted by atomic mass is 16.5. The SMILES string of the molecule is COc1ccc2c(c1)c(C(=O)NCc1ccccn1)cn2C(C)=O. The van der Waals surface area contributed by atoms with E-state index in [2.05, 4.69) is 10.3 Å². The fourth-order valence-electron chi connectivity index (χ4n) is 2.55. The van der Waals surface area contributed by atoms with Crippen molar-refractivity contribution in [2.24, 2.45) is 0 Å². The van der Waals surface area contributed by atoms with Gasteiger partial charge >= 0.3 is 0 Å². The van der Waals surface area contributed by atoms with Gasteiger partial charge in [0.2, 0.25) is 5.91 Å². The molecular formula is C18H17N3O3. The van der Waals surface area contributed by atoms with Crippen LogP contribution in [-0.4, -0.2) is 28.5 Å². The second-order valence-electron chi connectivity index (χ2n) is 5.32. The average molecular weight is 323 g/mol. The van der Waals surface area contributed by atoms with Crippen LogP contribution < -0.4 is 10.1 Å². The number of fused-ring (bicyclic) bond motifs is 1. The van der Waals surface area contributed by atoms with E-state index in [4.69, 9.17) is 4.74 Å². The molecule has 24 heavy (non-hydrogen) atoms. The van der Waals surface area contributed by atoms with Crippen molar-refractivity contribution >= 4 is 22.7 Å². The van der Waals surface area contributed by atoms with Gasteiger partial charge in [-0.05, 0) is 30.3 Å². The standard InChI is InChI=1S/C18H17N3O3/c1-12(22)21-11-16(15-9-14(24-2)6-7-17(15)21)18(23)20-10-13-5-3-4-8-19-13/h3-9,11H,10H2,1-2H3,(H,20,23). The smallest absolute Gasteiger partial charge is 0.253 e. The van der Waals surface area contributed by atoms with Crippen LogP contribution in [0.4, 0.5) is 0 Å². The summed E-state index contributed by atoms with van der Waals surface area (Å²) in [6.45, 7) is 1.77. The molecule has 1 amide bonds. The predicted molar refractivity (Wildman–Crippen MR) is 90.2 cm³/mol. The van der Waals surface area contributed by atoms with Crippen molar-refractivity contribution in [1.29, 1.82) is 0 Å². The third-order valence-corrected chi connectivity index (χ3v) is 3.75. The number of nitrogens with one attached hydrogen (secondary N) is 1. The first-order chi connectivity index (χ1) is 11.6. The van der Waals surface area contributed by atoms with Crippen LogP contribution in [0.25, 0.3) is 10.9 Å². The van der Waals surface area contributed by atoms with E-state index in [0.717, 1.165) is 5.69 Å². The van der Waals surface area contributed by atoms with Gasteiger partial charge in [-0.2, -0.15) is 0 Å². The molecule has 0 aliphatic carbocycles. The highest BCUT2D eigenvalue weighted by molar-refractivity contribution is 6.09. The molecule has 2 heterocycles. The number of carbonyl (C=O) groups excluding carboxylic acids is 2. The largest absolute Gasteiger partial charge is 0.497 e. The number of carbonyl (C=O) groups is 2. The van der Waals surface area contributed by atoms with E-state index in [0.29, 0.717) is 28.8 Å². The number of ether oxygens (including phenoxy) is 1. The van der Waals surface area contributed by atoms with Crippen molar-refractivity contribution in [2.45, 2.75) is 13.5 Å². The topological polar surface area (TPSA) is 73.2 Å². The molecule has 3 rings (SSSR count). The Kier molecular flexibility index (Phi) is 4.29. The number of nitrogens with zero attached hydrogens (tertiary/aromatic N) is 2. The summed E-state index contributed by atoms with van der Waals surface area (Å²) in [7, 11) is 1.56. The van der Waals surface area contributed by atoms with E-state index in [1.807, 2.05) is 18.2 Å². The number of methoxy groups -OCH3 is 1. The third-order valence-electron chi connectivity index (χ3n) is 3.75. The minimum absolute atomic E-state index is 0.158. The molecule has 0 saturated carbocycles. The molecule has 0 atom stereocenters. The summed E-state index contributed by atoms with van der Waals surface area (Å²) < 4.78 is 6.68. The van der Waals surface area contributed by atoms with Crippen LogP contribution in [0.3, 0.4) is 0 Å². The Bertz CT molecular complexity index is 901. The van der Waals surface area contributed by atoms with Crippen LogP contribution in [0.2, 0.25) is 0 Å². The lowest BCUT2D eigenvalue weighted by molar-refractivity contribution is 0.0941. The average Bonchev–Trinajstić information content (AvgIpc) is 2.99. The van der Waals surface area contributed by atoms with E-state index in [-0.39, 0.29) is 11.8 Å². The van der Waals surface area contributed by atoms with Crippen molar-refractivity contribution in [1.82, 2.24) is 14.9 Å². The second-order valence-corrected chi connectivity index (χ2v) is 5.32. The van der Waals surface area contributed by atoms with Crippen molar-refractivity contribution in [2.75, 3.05) is 7.11 Å². The first kappa shape index (κ1) is 15.7. The van der Waals surface area contributed by atoms with Crippen molar-refractivity contribution < 1.29 is 14.3 Å². The fourth-order valence-corrected chi connectivity index (χ4v) is 2.55. The molecule has 0 aliphatic heterocycles. The van der Waals surface area contributed by atoms with Crippen LogP contribution in [0.15, 0.2) is 48.8 Å². The summed E-state index contributed by atoms with van der Waals surface area (Å²) in [5, 5.41) is 3.50. The van der Waals surface area contributed by atoms with Crippen molar-refractivity contribution in [3.8, 4) is 5.75 Å². The molecular weight excluding hydrogens is 306 g/mol. The van der Waals surface area contributed by atoms with Gasteiger partial charge in [-0.1, -0.05) is 6.07 Å². The summed E-state index contributed by atoms with van der Waals surface area (Å²) in [6, 6.07) is 10.8. The van der Waals surface area contributed by atoms with Gasteiger partial charge in [0, 0.05) is 24.7 Å². The molecule has 1 N–H and O–H groups in total. The molecule has 0 bridgehead atoms. The van der Waals surface area contributed by atoms with E-state index in [1.54, 1.807) is 37.7 Å². The summed E-state index contributed by atoms with van der Waals surface area (Å²) in [4.78, 5) is 28.6. The number of pyridine rings is 1. The zero-order chi connectivity index (χ0) is 17.1. The van der Waals surface area contributed by atoms with Gasteiger partial charge in [0.05, 0.1) is 30.4 Å². The second kappa shape index (κ2) is 6.54. The number of hydrogen-bond acceptors (Lipinski definition) is 4. The maximum atomic E-state index is 12.6. The van der Waals surface area contributed by atoms with Gasteiger partial charge in [-0.3, -0.25) is 19.1 Å². The fraction of sp³-hybridized carbons (Fsp3) is 0.167. The van der Waals surface area contributed by atoms with Crippen LogP contribution >= 0.6 is 0 Å². The third kappa shape index (κ3) is 2.99. The monoisotopic (exact) mass is 323 g/mol. The Balaban J connectivity index is 1.95. The van der Waals surface area contributed by atoms with Gasteiger partial charge in [-0.15, -0.1) is 0 Å². The molecule has 0 fully saturated rings. The molecule has 6 nitrogen and oxygen atoms in total. The lowest BCUT2D eigenvalue weighted by atomic mass is 10.1. The van der Waals surface area contributed by atoms with Gasteiger partial charge < -0.3 is 10.1 Å². The van der Waals surface area contributed by atoms with E-state index >= 15 is 0 Å². The number of benzene rings is 1. The molecule has 1 aromatic carbocycles. The van der Waals surface area contributed by atoms with E-state index < -0.39 is 0 Å². The maximum absolute atomic E-state index is 12.6. The van der Waals surface area contributed by atoms with Gasteiger partial charge in [0.25, 0.3) is 5.91 Å². The molecule has 122 valence electrons. The molecule has 2 aromatic heterocycles. The highest BCUT2D eigenvalue weighted by Gasteiger charge is 2.17. The molecule has 0 aliphatic rings. The molecule has 0 radical (unpaired) electrons. The van der Waals surface area contributed by atoms with Gasteiger partial charge in [0.1, 0.15) is 5.75 Å². The van der Waals surface area contributed by atoms with E-state index in [1.165, 1.54) is 11.5 Å². The molecule has 6 heteroatoms. The van der Waals surface area contributed by atoms with Crippen LogP contribution in [-0.2, 0) is 6.54 Å². The highest BCUT2D eigenvalue weighted by Crippen LogP contribution is 2.26. The lowest BCUT2D eigenvalue weighted by Gasteiger charge is -2.04. The Morgan fingerprint density at radius 1 is 1.25 bits per heavy atom. The quantitative estimate of drug-likeness (QED) is 0.801. The van der Waals surface area contributed by atoms with Gasteiger partial charge in [0.15, 0.2) is 0 Å². The number of amides is 1. The minimum Gasteiger partial charge on any atom is -0.497 e. The Labute approximate surface area is 139 Å². The summed E-state index contributed by atoms with van der Waals surface area (Å²) in [6.07, 6.45) is 3.23. The maximum Gasteiger partial charge on any atom is 0.253 e. The first-order valence-corrected chi connectivity index (χ1v) is 7.48. The van der Waals surface area contributed by atoms with E-state index in [9.17, 15) is 9.59 Å².